The van der Waals surface area contributed by atoms with Crippen molar-refractivity contribution in [1.82, 2.24) is 9.97 Å². The average Bonchev–Trinajstić information content (AvgIpc) is 2.61. The number of anilines is 2. The van der Waals surface area contributed by atoms with Crippen LogP contribution in [0.15, 0.2) is 55.0 Å². The van der Waals surface area contributed by atoms with Crippen molar-refractivity contribution in [3.8, 4) is 11.5 Å². The maximum atomic E-state index is 5.37. The molecule has 1 heterocycles. The summed E-state index contributed by atoms with van der Waals surface area (Å²) in [6, 6.07) is 11.6. The second kappa shape index (κ2) is 6.86. The fourth-order valence-electron chi connectivity index (χ4n) is 2.44. The van der Waals surface area contributed by atoms with Crippen LogP contribution in [-0.2, 0) is 0 Å². The zero-order valence-electron chi connectivity index (χ0n) is 13.5. The van der Waals surface area contributed by atoms with Crippen molar-refractivity contribution < 1.29 is 9.47 Å². The van der Waals surface area contributed by atoms with Crippen molar-refractivity contribution in [3.05, 3.63) is 60.6 Å². The Balaban J connectivity index is 2.06. The molecule has 0 aliphatic rings. The number of ether oxygens (including phenoxy) is 2. The third-order valence-electron chi connectivity index (χ3n) is 3.56. The summed E-state index contributed by atoms with van der Waals surface area (Å²) >= 11 is 0. The fourth-order valence-corrected chi connectivity index (χ4v) is 2.44. The van der Waals surface area contributed by atoms with Crippen LogP contribution in [0.5, 0.6) is 11.5 Å². The Morgan fingerprint density at radius 2 is 1.88 bits per heavy atom. The number of nitrogens with zero attached hydrogens (tertiary/aromatic N) is 2. The van der Waals surface area contributed by atoms with Crippen molar-refractivity contribution in [1.29, 1.82) is 0 Å². The highest BCUT2D eigenvalue weighted by Gasteiger charge is 2.11. The van der Waals surface area contributed by atoms with E-state index in [9.17, 15) is 0 Å². The first-order valence-electron chi connectivity index (χ1n) is 7.35. The van der Waals surface area contributed by atoms with E-state index in [4.69, 9.17) is 9.47 Å². The van der Waals surface area contributed by atoms with Gasteiger partial charge >= 0.3 is 0 Å². The first-order valence-corrected chi connectivity index (χ1v) is 7.35. The van der Waals surface area contributed by atoms with Gasteiger partial charge in [-0.25, -0.2) is 9.97 Å². The minimum absolute atomic E-state index is 0.631. The van der Waals surface area contributed by atoms with Gasteiger partial charge in [0, 0.05) is 17.1 Å². The van der Waals surface area contributed by atoms with Crippen LogP contribution in [0.3, 0.4) is 0 Å². The number of aromatic nitrogens is 2. The predicted molar refractivity (Wildman–Crippen MR) is 96.0 cm³/mol. The first-order chi connectivity index (χ1) is 11.7. The molecule has 5 nitrogen and oxygen atoms in total. The highest BCUT2D eigenvalue weighted by Crippen LogP contribution is 2.34. The number of fused-ring (bicyclic) bond motifs is 1. The molecule has 5 heteroatoms. The summed E-state index contributed by atoms with van der Waals surface area (Å²) in [5.74, 6) is 1.96. The molecule has 120 valence electrons. The Morgan fingerprint density at radius 1 is 1.08 bits per heavy atom. The summed E-state index contributed by atoms with van der Waals surface area (Å²) in [7, 11) is 3.20. The van der Waals surface area contributed by atoms with Gasteiger partial charge in [-0.05, 0) is 29.8 Å². The monoisotopic (exact) mass is 319 g/mol. The van der Waals surface area contributed by atoms with Crippen LogP contribution in [0, 0.1) is 0 Å². The SMILES string of the molecule is C=C=Cc1cccc(Nc2ncnc3cc(OC)c(OC)cc23)c1. The number of rotatable bonds is 5. The molecule has 1 aromatic heterocycles. The fraction of sp³-hybridized carbons (Fsp3) is 0.105. The molecule has 0 aliphatic heterocycles. The van der Waals surface area contributed by atoms with E-state index in [-0.39, 0.29) is 0 Å². The largest absolute Gasteiger partial charge is 0.493 e. The summed E-state index contributed by atoms with van der Waals surface area (Å²) < 4.78 is 10.7. The van der Waals surface area contributed by atoms with Gasteiger partial charge in [0.2, 0.25) is 0 Å². The molecule has 3 rings (SSSR count). The van der Waals surface area contributed by atoms with E-state index in [0.29, 0.717) is 17.3 Å². The lowest BCUT2D eigenvalue weighted by atomic mass is 10.1. The third-order valence-corrected chi connectivity index (χ3v) is 3.56. The van der Waals surface area contributed by atoms with Gasteiger partial charge in [0.1, 0.15) is 12.1 Å². The minimum Gasteiger partial charge on any atom is -0.493 e. The maximum absolute atomic E-state index is 5.37. The van der Waals surface area contributed by atoms with E-state index in [0.717, 1.165) is 22.2 Å². The molecule has 3 aromatic rings. The van der Waals surface area contributed by atoms with Crippen LogP contribution in [-0.4, -0.2) is 24.2 Å². The smallest absolute Gasteiger partial charge is 0.162 e. The zero-order chi connectivity index (χ0) is 16.9. The molecule has 24 heavy (non-hydrogen) atoms. The van der Waals surface area contributed by atoms with Crippen LogP contribution < -0.4 is 14.8 Å². The first kappa shape index (κ1) is 15.6. The van der Waals surface area contributed by atoms with Gasteiger partial charge in [-0.1, -0.05) is 18.7 Å². The molecule has 0 unspecified atom stereocenters. The van der Waals surface area contributed by atoms with E-state index < -0.39 is 0 Å². The van der Waals surface area contributed by atoms with Gasteiger partial charge in [-0.3, -0.25) is 0 Å². The summed E-state index contributed by atoms with van der Waals surface area (Å²) in [4.78, 5) is 8.66. The summed E-state index contributed by atoms with van der Waals surface area (Å²) in [5, 5.41) is 4.17. The van der Waals surface area contributed by atoms with Crippen molar-refractivity contribution in [2.45, 2.75) is 0 Å². The lowest BCUT2D eigenvalue weighted by molar-refractivity contribution is 0.356. The number of hydrogen-bond donors (Lipinski definition) is 1. The molecule has 1 N–H and O–H groups in total. The molecule has 0 fully saturated rings. The highest BCUT2D eigenvalue weighted by molar-refractivity contribution is 5.93. The Labute approximate surface area is 140 Å². The van der Waals surface area contributed by atoms with E-state index in [1.165, 1.54) is 6.33 Å². The highest BCUT2D eigenvalue weighted by atomic mass is 16.5. The summed E-state index contributed by atoms with van der Waals surface area (Å²) in [6.45, 7) is 3.60. The molecule has 0 saturated heterocycles. The molecular formula is C19H17N3O2. The van der Waals surface area contributed by atoms with Gasteiger partial charge in [0.05, 0.1) is 19.7 Å². The molecule has 0 aliphatic carbocycles. The second-order valence-corrected chi connectivity index (χ2v) is 5.05. The predicted octanol–water partition coefficient (Wildman–Crippen LogP) is 4.19. The van der Waals surface area contributed by atoms with Crippen LogP contribution in [0.1, 0.15) is 5.56 Å². The van der Waals surface area contributed by atoms with Crippen LogP contribution in [0.25, 0.3) is 17.0 Å². The molecule has 0 bridgehead atoms. The van der Waals surface area contributed by atoms with Crippen LogP contribution in [0.4, 0.5) is 11.5 Å². The van der Waals surface area contributed by atoms with Crippen LogP contribution >= 0.6 is 0 Å². The summed E-state index contributed by atoms with van der Waals surface area (Å²) in [6.07, 6.45) is 3.33. The van der Waals surface area contributed by atoms with Gasteiger partial charge in [0.15, 0.2) is 11.5 Å². The van der Waals surface area contributed by atoms with Crippen molar-refractivity contribution in [3.63, 3.8) is 0 Å². The van der Waals surface area contributed by atoms with Gasteiger partial charge < -0.3 is 14.8 Å². The zero-order valence-corrected chi connectivity index (χ0v) is 13.5. The number of methoxy groups -OCH3 is 2. The number of hydrogen-bond acceptors (Lipinski definition) is 5. The molecule has 2 aromatic carbocycles. The van der Waals surface area contributed by atoms with E-state index in [2.05, 4.69) is 27.6 Å². The lowest BCUT2D eigenvalue weighted by Crippen LogP contribution is -1.98. The van der Waals surface area contributed by atoms with E-state index in [1.807, 2.05) is 42.5 Å². The standard InChI is InChI=1S/C19H17N3O2/c1-4-6-13-7-5-8-14(9-13)22-19-15-10-17(23-2)18(24-3)11-16(15)20-12-21-19/h5-12H,1H2,2-3H3,(H,20,21,22). The molecule has 0 amide bonds. The maximum Gasteiger partial charge on any atom is 0.162 e. The van der Waals surface area contributed by atoms with Gasteiger partial charge in [0.25, 0.3) is 0 Å². The average molecular weight is 319 g/mol. The molecule has 0 atom stereocenters. The molecule has 0 radical (unpaired) electrons. The van der Waals surface area contributed by atoms with E-state index in [1.54, 1.807) is 14.2 Å². The van der Waals surface area contributed by atoms with E-state index >= 15 is 0 Å². The second-order valence-electron chi connectivity index (χ2n) is 5.05. The molecule has 0 saturated carbocycles. The van der Waals surface area contributed by atoms with Crippen molar-refractivity contribution >= 4 is 28.5 Å². The lowest BCUT2D eigenvalue weighted by Gasteiger charge is -2.12. The van der Waals surface area contributed by atoms with Crippen LogP contribution in [0.2, 0.25) is 0 Å². The third kappa shape index (κ3) is 3.07. The molecule has 0 spiro atoms. The van der Waals surface area contributed by atoms with Crippen molar-refractivity contribution in [2.24, 2.45) is 0 Å². The number of nitrogens with one attached hydrogen (secondary N) is 1. The Bertz CT molecular complexity index is 931. The van der Waals surface area contributed by atoms with Gasteiger partial charge in [-0.15, -0.1) is 5.73 Å². The molecular weight excluding hydrogens is 302 g/mol. The Kier molecular flexibility index (Phi) is 4.45. The Morgan fingerprint density at radius 3 is 2.62 bits per heavy atom. The normalized spacial score (nSPS) is 10.1. The Hall–Kier alpha value is -3.30. The number of benzene rings is 2. The topological polar surface area (TPSA) is 56.3 Å². The van der Waals surface area contributed by atoms with Gasteiger partial charge in [-0.2, -0.15) is 0 Å². The quantitative estimate of drug-likeness (QED) is 0.715. The van der Waals surface area contributed by atoms with Crippen molar-refractivity contribution in [2.75, 3.05) is 19.5 Å². The minimum atomic E-state index is 0.631. The summed E-state index contributed by atoms with van der Waals surface area (Å²) in [5.41, 5.74) is 5.46.